The average molecular weight is 310 g/mol. The highest BCUT2D eigenvalue weighted by Crippen LogP contribution is 2.43. The van der Waals surface area contributed by atoms with Gasteiger partial charge in [0.15, 0.2) is 0 Å². The monoisotopic (exact) mass is 309 g/mol. The van der Waals surface area contributed by atoms with Gasteiger partial charge in [-0.05, 0) is 25.0 Å². The summed E-state index contributed by atoms with van der Waals surface area (Å²) in [5, 5.41) is 15.1. The number of nitro benzene ring substituents is 1. The number of nitrogens with one attached hydrogen (secondary N) is 1. The Hall–Kier alpha value is -1.33. The predicted octanol–water partition coefficient (Wildman–Crippen LogP) is 3.36. The van der Waals surface area contributed by atoms with Crippen LogP contribution < -0.4 is 10.2 Å². The lowest BCUT2D eigenvalue weighted by Gasteiger charge is -2.50. The van der Waals surface area contributed by atoms with Crippen LogP contribution in [0.2, 0.25) is 5.02 Å². The molecule has 0 bridgehead atoms. The van der Waals surface area contributed by atoms with Crippen LogP contribution in [0.4, 0.5) is 11.4 Å². The van der Waals surface area contributed by atoms with E-state index in [1.165, 1.54) is 19.3 Å². The van der Waals surface area contributed by atoms with E-state index >= 15 is 0 Å². The molecule has 21 heavy (non-hydrogen) atoms. The maximum Gasteiger partial charge on any atom is 0.310 e. The Kier molecular flexibility index (Phi) is 4.04. The molecule has 3 rings (SSSR count). The van der Waals surface area contributed by atoms with E-state index in [1.54, 1.807) is 6.07 Å². The number of nitrogens with zero attached hydrogens (tertiary/aromatic N) is 2. The van der Waals surface area contributed by atoms with Gasteiger partial charge < -0.3 is 10.2 Å². The van der Waals surface area contributed by atoms with Crippen molar-refractivity contribution >= 4 is 23.0 Å². The van der Waals surface area contributed by atoms with Gasteiger partial charge in [0.25, 0.3) is 0 Å². The van der Waals surface area contributed by atoms with Crippen molar-refractivity contribution < 1.29 is 4.92 Å². The van der Waals surface area contributed by atoms with Crippen molar-refractivity contribution in [2.24, 2.45) is 0 Å². The number of piperazine rings is 1. The predicted molar refractivity (Wildman–Crippen MR) is 84.1 cm³/mol. The number of hydrogen-bond acceptors (Lipinski definition) is 4. The van der Waals surface area contributed by atoms with Gasteiger partial charge >= 0.3 is 5.69 Å². The smallest absolute Gasteiger partial charge is 0.310 e. The van der Waals surface area contributed by atoms with Crippen molar-refractivity contribution in [2.75, 3.05) is 24.5 Å². The number of anilines is 1. The lowest BCUT2D eigenvalue weighted by Crippen LogP contribution is -2.62. The molecule has 2 fully saturated rings. The Morgan fingerprint density at radius 1 is 1.29 bits per heavy atom. The molecule has 0 amide bonds. The number of rotatable bonds is 2. The molecule has 6 heteroatoms. The van der Waals surface area contributed by atoms with Crippen molar-refractivity contribution in [3.8, 4) is 0 Å². The van der Waals surface area contributed by atoms with Crippen LogP contribution in [-0.4, -0.2) is 30.1 Å². The Bertz CT molecular complexity index is 535. The fraction of sp³-hybridized carbons (Fsp3) is 0.600. The van der Waals surface area contributed by atoms with Crippen LogP contribution >= 0.6 is 11.6 Å². The van der Waals surface area contributed by atoms with Crippen LogP contribution in [0, 0.1) is 10.1 Å². The van der Waals surface area contributed by atoms with Gasteiger partial charge in [0.1, 0.15) is 10.7 Å². The normalized spacial score (nSPS) is 21.5. The third-order valence-corrected chi connectivity index (χ3v) is 5.07. The summed E-state index contributed by atoms with van der Waals surface area (Å²) in [6.45, 7) is 2.54. The van der Waals surface area contributed by atoms with Crippen LogP contribution in [0.5, 0.6) is 0 Å². The van der Waals surface area contributed by atoms with Crippen molar-refractivity contribution in [3.63, 3.8) is 0 Å². The first-order valence-corrected chi connectivity index (χ1v) is 7.93. The highest BCUT2D eigenvalue weighted by Gasteiger charge is 2.42. The van der Waals surface area contributed by atoms with E-state index in [4.69, 9.17) is 11.6 Å². The maximum atomic E-state index is 11.4. The van der Waals surface area contributed by atoms with Gasteiger partial charge in [-0.2, -0.15) is 0 Å². The van der Waals surface area contributed by atoms with Crippen molar-refractivity contribution in [1.29, 1.82) is 0 Å². The molecule has 0 aromatic heterocycles. The molecule has 1 saturated carbocycles. The second-order valence-corrected chi connectivity index (χ2v) is 6.39. The van der Waals surface area contributed by atoms with Crippen LogP contribution in [0.3, 0.4) is 0 Å². The zero-order valence-corrected chi connectivity index (χ0v) is 12.7. The van der Waals surface area contributed by atoms with Gasteiger partial charge in [-0.3, -0.25) is 10.1 Å². The van der Waals surface area contributed by atoms with Crippen LogP contribution in [0.15, 0.2) is 18.2 Å². The molecule has 1 spiro atoms. The molecule has 1 heterocycles. The number of nitro groups is 1. The molecule has 1 N–H and O–H groups in total. The summed E-state index contributed by atoms with van der Waals surface area (Å²) in [6, 6.07) is 5.24. The molecule has 1 aliphatic heterocycles. The molecular weight excluding hydrogens is 290 g/mol. The molecule has 0 unspecified atom stereocenters. The second-order valence-electron chi connectivity index (χ2n) is 5.98. The molecule has 114 valence electrons. The summed E-state index contributed by atoms with van der Waals surface area (Å²) >= 11 is 6.09. The minimum absolute atomic E-state index is 0.00590. The lowest BCUT2D eigenvalue weighted by atomic mass is 9.78. The molecule has 2 aliphatic rings. The molecule has 0 atom stereocenters. The second kappa shape index (κ2) is 5.81. The van der Waals surface area contributed by atoms with E-state index in [0.717, 1.165) is 32.5 Å². The zero-order valence-electron chi connectivity index (χ0n) is 12.0. The summed E-state index contributed by atoms with van der Waals surface area (Å²) in [5.41, 5.74) is 0.730. The Balaban J connectivity index is 2.05. The average Bonchev–Trinajstić information content (AvgIpc) is 2.48. The summed E-state index contributed by atoms with van der Waals surface area (Å²) < 4.78 is 0. The van der Waals surface area contributed by atoms with E-state index < -0.39 is 0 Å². The van der Waals surface area contributed by atoms with Crippen LogP contribution in [0.1, 0.15) is 32.1 Å². The summed E-state index contributed by atoms with van der Waals surface area (Å²) in [7, 11) is 0. The largest absolute Gasteiger partial charge is 0.358 e. The van der Waals surface area contributed by atoms with Gasteiger partial charge in [-0.15, -0.1) is 0 Å². The van der Waals surface area contributed by atoms with Gasteiger partial charge in [-0.1, -0.05) is 36.9 Å². The minimum atomic E-state index is -0.351. The van der Waals surface area contributed by atoms with Crippen LogP contribution in [-0.2, 0) is 0 Å². The van der Waals surface area contributed by atoms with Gasteiger partial charge in [0.2, 0.25) is 0 Å². The molecule has 1 aliphatic carbocycles. The number of halogens is 1. The number of benzene rings is 1. The molecular formula is C15H20ClN3O2. The van der Waals surface area contributed by atoms with Gasteiger partial charge in [-0.25, -0.2) is 0 Å². The zero-order chi connectivity index (χ0) is 14.9. The standard InChI is InChI=1S/C15H20ClN3O2/c16-12-5-4-6-13(14(12)19(20)21)18-10-9-17-11-15(18)7-2-1-3-8-15/h4-6,17H,1-3,7-11H2. The fourth-order valence-electron chi connectivity index (χ4n) is 3.78. The third-order valence-electron chi connectivity index (χ3n) is 4.76. The first kappa shape index (κ1) is 14.6. The molecule has 1 aromatic carbocycles. The Morgan fingerprint density at radius 2 is 2.05 bits per heavy atom. The quantitative estimate of drug-likeness (QED) is 0.672. The van der Waals surface area contributed by atoms with E-state index in [9.17, 15) is 10.1 Å². The summed E-state index contributed by atoms with van der Waals surface area (Å²) in [6.07, 6.45) is 5.81. The van der Waals surface area contributed by atoms with Crippen molar-refractivity contribution in [3.05, 3.63) is 33.3 Å². The van der Waals surface area contributed by atoms with Crippen molar-refractivity contribution in [1.82, 2.24) is 5.32 Å². The molecule has 1 aromatic rings. The van der Waals surface area contributed by atoms with Gasteiger partial charge in [0, 0.05) is 19.6 Å². The SMILES string of the molecule is O=[N+]([O-])c1c(Cl)cccc1N1CCNCC12CCCCC2. The third kappa shape index (κ3) is 2.60. The van der Waals surface area contributed by atoms with E-state index in [2.05, 4.69) is 10.2 Å². The summed E-state index contributed by atoms with van der Waals surface area (Å²) in [5.74, 6) is 0. The molecule has 0 radical (unpaired) electrons. The van der Waals surface area contributed by atoms with Gasteiger partial charge in [0.05, 0.1) is 10.5 Å². The van der Waals surface area contributed by atoms with E-state index in [-0.39, 0.29) is 21.2 Å². The molecule has 1 saturated heterocycles. The Morgan fingerprint density at radius 3 is 2.76 bits per heavy atom. The first-order chi connectivity index (χ1) is 10.1. The Labute approximate surface area is 129 Å². The highest BCUT2D eigenvalue weighted by atomic mass is 35.5. The maximum absolute atomic E-state index is 11.4. The number of para-hydroxylation sites is 1. The fourth-order valence-corrected chi connectivity index (χ4v) is 4.02. The van der Waals surface area contributed by atoms with Crippen molar-refractivity contribution in [2.45, 2.75) is 37.6 Å². The number of hydrogen-bond donors (Lipinski definition) is 1. The molecule has 5 nitrogen and oxygen atoms in total. The lowest BCUT2D eigenvalue weighted by molar-refractivity contribution is -0.384. The highest BCUT2D eigenvalue weighted by molar-refractivity contribution is 6.33. The topological polar surface area (TPSA) is 58.4 Å². The van der Waals surface area contributed by atoms with E-state index in [0.29, 0.717) is 5.69 Å². The first-order valence-electron chi connectivity index (χ1n) is 7.55. The summed E-state index contributed by atoms with van der Waals surface area (Å²) in [4.78, 5) is 13.3. The van der Waals surface area contributed by atoms with E-state index in [1.807, 2.05) is 12.1 Å². The minimum Gasteiger partial charge on any atom is -0.358 e. The van der Waals surface area contributed by atoms with Crippen LogP contribution in [0.25, 0.3) is 0 Å².